The van der Waals surface area contributed by atoms with Crippen molar-refractivity contribution in [3.8, 4) is 28.2 Å². The third kappa shape index (κ3) is 3.65. The maximum atomic E-state index is 5.35. The van der Waals surface area contributed by atoms with E-state index in [0.717, 1.165) is 39.2 Å². The lowest BCUT2D eigenvalue weighted by Crippen LogP contribution is -1.98. The van der Waals surface area contributed by atoms with Crippen LogP contribution in [0.5, 0.6) is 0 Å². The van der Waals surface area contributed by atoms with Gasteiger partial charge in [-0.1, -0.05) is 127 Å². The van der Waals surface area contributed by atoms with Gasteiger partial charge in [0, 0.05) is 43.7 Å². The SMILES string of the molecule is c1ccc(-c2nc3ccc(-n4c5cccc6c7ccccc7n7c8ccc9ccccc9c8c8ccc4c(c65)c87)cc3nc2-c2ccccc2)cc1. The highest BCUT2D eigenvalue weighted by Crippen LogP contribution is 2.46. The molecule has 4 heteroatoms. The third-order valence-electron chi connectivity index (χ3n) is 11.0. The second kappa shape index (κ2) is 10.3. The normalized spacial score (nSPS) is 12.2. The average molecular weight is 661 g/mol. The summed E-state index contributed by atoms with van der Waals surface area (Å²) in [6.45, 7) is 0. The van der Waals surface area contributed by atoms with E-state index >= 15 is 0 Å². The minimum atomic E-state index is 0.862. The maximum absolute atomic E-state index is 5.35. The number of hydrogen-bond donors (Lipinski definition) is 0. The summed E-state index contributed by atoms with van der Waals surface area (Å²) < 4.78 is 4.94. The maximum Gasteiger partial charge on any atom is 0.0973 e. The van der Waals surface area contributed by atoms with Gasteiger partial charge in [0.15, 0.2) is 0 Å². The van der Waals surface area contributed by atoms with Gasteiger partial charge in [-0.2, -0.15) is 0 Å². The third-order valence-corrected chi connectivity index (χ3v) is 11.0. The molecule has 0 bridgehead atoms. The lowest BCUT2D eigenvalue weighted by molar-refractivity contribution is 1.18. The van der Waals surface area contributed by atoms with Crippen LogP contribution >= 0.6 is 0 Å². The molecule has 0 N–H and O–H groups in total. The zero-order valence-corrected chi connectivity index (χ0v) is 28.0. The van der Waals surface area contributed by atoms with Gasteiger partial charge in [0.25, 0.3) is 0 Å². The van der Waals surface area contributed by atoms with Crippen molar-refractivity contribution in [1.82, 2.24) is 18.9 Å². The van der Waals surface area contributed by atoms with Crippen molar-refractivity contribution in [2.75, 3.05) is 0 Å². The number of hydrogen-bond acceptors (Lipinski definition) is 2. The Hall–Kier alpha value is -7.04. The van der Waals surface area contributed by atoms with Gasteiger partial charge in [-0.25, -0.2) is 9.97 Å². The largest absolute Gasteiger partial charge is 0.309 e. The minimum Gasteiger partial charge on any atom is -0.309 e. The summed E-state index contributed by atoms with van der Waals surface area (Å²) in [5.41, 5.74) is 12.7. The van der Waals surface area contributed by atoms with E-state index < -0.39 is 0 Å². The molecule has 0 aliphatic heterocycles. The Morgan fingerprint density at radius 1 is 0.365 bits per heavy atom. The summed E-state index contributed by atoms with van der Waals surface area (Å²) in [7, 11) is 0. The van der Waals surface area contributed by atoms with Crippen molar-refractivity contribution in [2.45, 2.75) is 0 Å². The minimum absolute atomic E-state index is 0.862. The molecule has 0 saturated carbocycles. The van der Waals surface area contributed by atoms with Crippen LogP contribution in [0, 0.1) is 0 Å². The van der Waals surface area contributed by atoms with Crippen molar-refractivity contribution in [3.63, 3.8) is 0 Å². The standard InChI is InChI=1S/C48H28N4/c1-3-13-30(14-4-1)46-47(31-15-5-2-6-16-31)50-38-28-32(23-25-37(38)49-46)51-40-21-11-19-35-34-18-9-10-20-39(34)52-41-26-22-29-12-7-8-17-33(29)43(41)36-24-27-42(51)45(44(35)40)48(36)52/h1-28H. The molecule has 12 rings (SSSR count). The molecular weight excluding hydrogens is 633 g/mol. The molecule has 0 unspecified atom stereocenters. The molecule has 8 aromatic carbocycles. The van der Waals surface area contributed by atoms with E-state index in [-0.39, 0.29) is 0 Å². The molecule has 4 aromatic heterocycles. The molecule has 4 heterocycles. The fourth-order valence-electron chi connectivity index (χ4n) is 8.84. The van der Waals surface area contributed by atoms with Crippen LogP contribution in [0.4, 0.5) is 0 Å². The van der Waals surface area contributed by atoms with Gasteiger partial charge >= 0.3 is 0 Å². The Morgan fingerprint density at radius 3 is 1.81 bits per heavy atom. The topological polar surface area (TPSA) is 35.1 Å². The lowest BCUT2D eigenvalue weighted by atomic mass is 10.0. The van der Waals surface area contributed by atoms with Crippen LogP contribution in [0.1, 0.15) is 0 Å². The number of fused-ring (bicyclic) bond motifs is 9. The van der Waals surface area contributed by atoms with Crippen LogP contribution < -0.4 is 0 Å². The van der Waals surface area contributed by atoms with Crippen LogP contribution in [0.3, 0.4) is 0 Å². The van der Waals surface area contributed by atoms with Gasteiger partial charge in [-0.3, -0.25) is 0 Å². The summed E-state index contributed by atoms with van der Waals surface area (Å²) in [6, 6.07) is 60.9. The van der Waals surface area contributed by atoms with Gasteiger partial charge in [0.05, 0.1) is 50.0 Å². The Bertz CT molecular complexity index is 3390. The van der Waals surface area contributed by atoms with E-state index in [1.54, 1.807) is 0 Å². The smallest absolute Gasteiger partial charge is 0.0973 e. The molecule has 0 radical (unpaired) electrons. The molecule has 0 fully saturated rings. The van der Waals surface area contributed by atoms with Crippen LogP contribution in [0.25, 0.3) is 110 Å². The summed E-state index contributed by atoms with van der Waals surface area (Å²) in [5.74, 6) is 0. The van der Waals surface area contributed by atoms with Crippen molar-refractivity contribution in [1.29, 1.82) is 0 Å². The van der Waals surface area contributed by atoms with E-state index in [1.807, 2.05) is 12.1 Å². The van der Waals surface area contributed by atoms with Gasteiger partial charge < -0.3 is 8.97 Å². The number of benzene rings is 8. The quantitative estimate of drug-likeness (QED) is 0.189. The highest BCUT2D eigenvalue weighted by molar-refractivity contribution is 6.35. The predicted octanol–water partition coefficient (Wildman–Crippen LogP) is 12.4. The van der Waals surface area contributed by atoms with Gasteiger partial charge in [-0.05, 0) is 58.6 Å². The Morgan fingerprint density at radius 2 is 1.00 bits per heavy atom. The monoisotopic (exact) mass is 660 g/mol. The van der Waals surface area contributed by atoms with E-state index in [0.29, 0.717) is 0 Å². The zero-order valence-electron chi connectivity index (χ0n) is 28.0. The molecule has 4 nitrogen and oxygen atoms in total. The first-order valence-electron chi connectivity index (χ1n) is 17.8. The fraction of sp³-hybridized carbons (Fsp3) is 0. The molecule has 0 aliphatic rings. The van der Waals surface area contributed by atoms with E-state index in [4.69, 9.17) is 9.97 Å². The number of para-hydroxylation sites is 1. The van der Waals surface area contributed by atoms with Crippen molar-refractivity contribution < 1.29 is 0 Å². The first-order chi connectivity index (χ1) is 25.8. The summed E-state index contributed by atoms with van der Waals surface area (Å²) in [4.78, 5) is 10.6. The number of rotatable bonds is 3. The van der Waals surface area contributed by atoms with E-state index in [9.17, 15) is 0 Å². The molecule has 0 spiro atoms. The van der Waals surface area contributed by atoms with Gasteiger partial charge in [0.2, 0.25) is 0 Å². The zero-order chi connectivity index (χ0) is 33.9. The van der Waals surface area contributed by atoms with Crippen molar-refractivity contribution in [3.05, 3.63) is 170 Å². The predicted molar refractivity (Wildman–Crippen MR) is 217 cm³/mol. The van der Waals surface area contributed by atoms with E-state index in [2.05, 4.69) is 167 Å². The van der Waals surface area contributed by atoms with Gasteiger partial charge in [-0.15, -0.1) is 0 Å². The molecule has 52 heavy (non-hydrogen) atoms. The second-order valence-electron chi connectivity index (χ2n) is 13.8. The first kappa shape index (κ1) is 27.7. The second-order valence-corrected chi connectivity index (χ2v) is 13.8. The summed E-state index contributed by atoms with van der Waals surface area (Å²) >= 11 is 0. The van der Waals surface area contributed by atoms with Crippen molar-refractivity contribution >= 4 is 81.7 Å². The average Bonchev–Trinajstić information content (AvgIpc) is 3.69. The van der Waals surface area contributed by atoms with Crippen molar-refractivity contribution in [2.24, 2.45) is 0 Å². The highest BCUT2D eigenvalue weighted by atomic mass is 15.0. The highest BCUT2D eigenvalue weighted by Gasteiger charge is 2.24. The Kier molecular flexibility index (Phi) is 5.47. The molecule has 12 aromatic rings. The Balaban J connectivity index is 1.22. The molecule has 0 atom stereocenters. The first-order valence-corrected chi connectivity index (χ1v) is 17.8. The molecular formula is C48H28N4. The van der Waals surface area contributed by atoms with E-state index in [1.165, 1.54) is 70.7 Å². The summed E-state index contributed by atoms with van der Waals surface area (Å²) in [6.07, 6.45) is 0. The van der Waals surface area contributed by atoms with Crippen LogP contribution in [0.15, 0.2) is 170 Å². The summed E-state index contributed by atoms with van der Waals surface area (Å²) in [5, 5.41) is 10.1. The number of nitrogens with zero attached hydrogens (tertiary/aromatic N) is 4. The molecule has 0 saturated heterocycles. The lowest BCUT2D eigenvalue weighted by Gasteiger charge is -2.13. The molecule has 0 amide bonds. The number of aromatic nitrogens is 4. The molecule has 0 aliphatic carbocycles. The van der Waals surface area contributed by atoms with Crippen LogP contribution in [-0.4, -0.2) is 18.9 Å². The Labute approximate surface area is 297 Å². The van der Waals surface area contributed by atoms with Crippen LogP contribution in [0.2, 0.25) is 0 Å². The molecule has 240 valence electrons. The fourth-order valence-corrected chi connectivity index (χ4v) is 8.84. The van der Waals surface area contributed by atoms with Gasteiger partial charge in [0.1, 0.15) is 0 Å². The van der Waals surface area contributed by atoms with Crippen LogP contribution in [-0.2, 0) is 0 Å².